The average Bonchev–Trinajstić information content (AvgIpc) is 3.41. The summed E-state index contributed by atoms with van der Waals surface area (Å²) in [6.45, 7) is 4.32. The molecular weight excluding hydrogens is 437 g/mol. The molecule has 1 fully saturated rings. The van der Waals surface area contributed by atoms with Crippen LogP contribution in [0.3, 0.4) is 0 Å². The van der Waals surface area contributed by atoms with Gasteiger partial charge in [0, 0.05) is 24.7 Å². The second kappa shape index (κ2) is 9.64. The van der Waals surface area contributed by atoms with Gasteiger partial charge in [-0.1, -0.05) is 12.0 Å². The van der Waals surface area contributed by atoms with Gasteiger partial charge in [-0.3, -0.25) is 5.32 Å². The van der Waals surface area contributed by atoms with Gasteiger partial charge in [-0.2, -0.15) is 8.42 Å². The molecule has 1 aliphatic heterocycles. The molecule has 0 spiro atoms. The van der Waals surface area contributed by atoms with Crippen LogP contribution >= 0.6 is 0 Å². The fourth-order valence-electron chi connectivity index (χ4n) is 3.45. The largest absolute Gasteiger partial charge is 0.403 e. The van der Waals surface area contributed by atoms with Crippen molar-refractivity contribution in [1.29, 1.82) is 0 Å². The molecule has 1 aliphatic rings. The van der Waals surface area contributed by atoms with Crippen LogP contribution in [0, 0.1) is 11.7 Å². The number of halogens is 1. The predicted molar refractivity (Wildman–Crippen MR) is 116 cm³/mol. The van der Waals surface area contributed by atoms with Crippen molar-refractivity contribution in [3.63, 3.8) is 0 Å². The summed E-state index contributed by atoms with van der Waals surface area (Å²) in [5.41, 5.74) is 2.27. The molecule has 0 saturated carbocycles. The maximum absolute atomic E-state index is 13.1. The van der Waals surface area contributed by atoms with Gasteiger partial charge in [-0.05, 0) is 43.0 Å². The summed E-state index contributed by atoms with van der Waals surface area (Å²) < 4.78 is 35.2. The van der Waals surface area contributed by atoms with E-state index in [0.717, 1.165) is 35.9 Å². The highest BCUT2D eigenvalue weighted by atomic mass is 32.1. The van der Waals surface area contributed by atoms with Crippen molar-refractivity contribution in [2.75, 3.05) is 23.3 Å². The van der Waals surface area contributed by atoms with E-state index in [1.54, 1.807) is 18.3 Å². The molecule has 0 aliphatic carbocycles. The molecule has 0 amide bonds. The maximum atomic E-state index is 13.1. The second-order valence-corrected chi connectivity index (χ2v) is 7.56. The lowest BCUT2D eigenvalue weighted by atomic mass is 9.99. The van der Waals surface area contributed by atoms with Gasteiger partial charge in [0.1, 0.15) is 11.6 Å². The standard InChI is InChI=1S/C20H20FN7O.O2S/c1-12-6-8-28(9-7-12)17-10-15-16(11-22-17)24-19(23-15)25-20-27-26-18(29-20)13-2-4-14(21)5-3-13;1-3-2/h2-5,10-12H,6-9H2,1H3,(H2,23,24,25,27);. The predicted octanol–water partition coefficient (Wildman–Crippen LogP) is 3.46. The van der Waals surface area contributed by atoms with Crippen molar-refractivity contribution in [2.45, 2.75) is 19.8 Å². The first kappa shape index (κ1) is 21.6. The summed E-state index contributed by atoms with van der Waals surface area (Å²) in [5.74, 6) is 2.18. The van der Waals surface area contributed by atoms with Crippen LogP contribution in [0.5, 0.6) is 0 Å². The lowest BCUT2D eigenvalue weighted by Crippen LogP contribution is -2.33. The third-order valence-corrected chi connectivity index (χ3v) is 5.20. The van der Waals surface area contributed by atoms with E-state index in [2.05, 4.69) is 42.3 Å². The van der Waals surface area contributed by atoms with Crippen LogP contribution < -0.4 is 10.2 Å². The van der Waals surface area contributed by atoms with Crippen LogP contribution in [-0.2, 0) is 11.6 Å². The highest BCUT2D eigenvalue weighted by molar-refractivity contribution is 7.51. The van der Waals surface area contributed by atoms with Crippen LogP contribution in [-0.4, -0.2) is 46.7 Å². The summed E-state index contributed by atoms with van der Waals surface area (Å²) in [7, 11) is 0. The van der Waals surface area contributed by atoms with E-state index < -0.39 is 11.6 Å². The normalized spacial score (nSPS) is 14.1. The average molecular weight is 457 g/mol. The van der Waals surface area contributed by atoms with E-state index >= 15 is 0 Å². The van der Waals surface area contributed by atoms with Crippen molar-refractivity contribution in [3.8, 4) is 11.5 Å². The van der Waals surface area contributed by atoms with Crippen molar-refractivity contribution < 1.29 is 17.2 Å². The molecule has 0 unspecified atom stereocenters. The first-order chi connectivity index (χ1) is 15.6. The summed E-state index contributed by atoms with van der Waals surface area (Å²) >= 11 is -0.750. The molecule has 32 heavy (non-hydrogen) atoms. The van der Waals surface area contributed by atoms with Crippen LogP contribution in [0.4, 0.5) is 22.2 Å². The Labute approximate surface area is 185 Å². The molecule has 5 rings (SSSR count). The van der Waals surface area contributed by atoms with Gasteiger partial charge in [0.2, 0.25) is 11.8 Å². The Morgan fingerprint density at radius 1 is 1.19 bits per heavy atom. The van der Waals surface area contributed by atoms with Crippen LogP contribution in [0.15, 0.2) is 40.9 Å². The lowest BCUT2D eigenvalue weighted by Gasteiger charge is -2.31. The van der Waals surface area contributed by atoms with Gasteiger partial charge in [0.25, 0.3) is 0 Å². The number of fused-ring (bicyclic) bond motifs is 1. The van der Waals surface area contributed by atoms with E-state index in [1.807, 2.05) is 6.07 Å². The van der Waals surface area contributed by atoms with Gasteiger partial charge in [-0.15, -0.1) is 5.10 Å². The number of nitrogens with one attached hydrogen (secondary N) is 2. The number of pyridine rings is 1. The molecular formula is C20H20FN7O3S. The SMILES string of the molecule is CC1CCN(c2cc3nc(Nc4nnc(-c5ccc(F)cc5)o4)[nH]c3cn2)CC1.O=S=O. The minimum absolute atomic E-state index is 0.196. The number of hydrogen-bond acceptors (Lipinski definition) is 9. The van der Waals surface area contributed by atoms with Crippen molar-refractivity contribution in [1.82, 2.24) is 25.1 Å². The van der Waals surface area contributed by atoms with Gasteiger partial charge in [0.15, 0.2) is 0 Å². The molecule has 12 heteroatoms. The topological polar surface area (TPSA) is 130 Å². The Morgan fingerprint density at radius 3 is 2.62 bits per heavy atom. The number of rotatable bonds is 4. The molecule has 4 heterocycles. The Morgan fingerprint density at radius 2 is 1.91 bits per heavy atom. The maximum Gasteiger partial charge on any atom is 0.335 e. The van der Waals surface area contributed by atoms with Crippen LogP contribution in [0.2, 0.25) is 0 Å². The number of anilines is 3. The number of nitrogens with zero attached hydrogens (tertiary/aromatic N) is 5. The number of benzene rings is 1. The van der Waals surface area contributed by atoms with E-state index in [9.17, 15) is 4.39 Å². The fraction of sp³-hybridized carbons (Fsp3) is 0.300. The fourth-order valence-corrected chi connectivity index (χ4v) is 3.45. The molecule has 0 bridgehead atoms. The van der Waals surface area contributed by atoms with Crippen LogP contribution in [0.1, 0.15) is 19.8 Å². The van der Waals surface area contributed by atoms with E-state index in [-0.39, 0.29) is 11.8 Å². The molecule has 10 nitrogen and oxygen atoms in total. The third kappa shape index (κ3) is 4.97. The first-order valence-electron chi connectivity index (χ1n) is 9.94. The summed E-state index contributed by atoms with van der Waals surface area (Å²) in [6.07, 6.45) is 4.15. The Bertz CT molecular complexity index is 1230. The Kier molecular flexibility index (Phi) is 6.50. The number of piperidine rings is 1. The Hall–Kier alpha value is -3.67. The highest BCUT2D eigenvalue weighted by Crippen LogP contribution is 2.26. The highest BCUT2D eigenvalue weighted by Gasteiger charge is 2.18. The molecule has 0 radical (unpaired) electrons. The van der Waals surface area contributed by atoms with Crippen molar-refractivity contribution >= 4 is 40.4 Å². The minimum Gasteiger partial charge on any atom is -0.403 e. The zero-order valence-electron chi connectivity index (χ0n) is 17.1. The van der Waals surface area contributed by atoms with E-state index in [4.69, 9.17) is 12.8 Å². The smallest absolute Gasteiger partial charge is 0.335 e. The summed E-state index contributed by atoms with van der Waals surface area (Å²) in [5, 5.41) is 10.9. The van der Waals surface area contributed by atoms with Gasteiger partial charge in [-0.25, -0.2) is 14.4 Å². The molecule has 3 aromatic heterocycles. The Balaban J connectivity index is 0.000000775. The number of imidazole rings is 1. The molecule has 1 saturated heterocycles. The molecule has 0 atom stereocenters. The van der Waals surface area contributed by atoms with E-state index in [1.165, 1.54) is 25.0 Å². The minimum atomic E-state index is -0.750. The number of hydrogen-bond donors (Lipinski definition) is 2. The summed E-state index contributed by atoms with van der Waals surface area (Å²) in [6, 6.07) is 8.05. The van der Waals surface area contributed by atoms with Crippen molar-refractivity contribution in [3.05, 3.63) is 42.3 Å². The van der Waals surface area contributed by atoms with Crippen LogP contribution in [0.25, 0.3) is 22.5 Å². The second-order valence-electron chi connectivity index (χ2n) is 7.43. The van der Waals surface area contributed by atoms with Crippen molar-refractivity contribution in [2.24, 2.45) is 5.92 Å². The quantitative estimate of drug-likeness (QED) is 0.473. The van der Waals surface area contributed by atoms with Gasteiger partial charge in [0.05, 0.1) is 17.2 Å². The first-order valence-corrected chi connectivity index (χ1v) is 10.6. The monoisotopic (exact) mass is 457 g/mol. The van der Waals surface area contributed by atoms with E-state index in [0.29, 0.717) is 17.4 Å². The number of aromatic nitrogens is 5. The van der Waals surface area contributed by atoms with Gasteiger partial charge >= 0.3 is 17.6 Å². The molecule has 4 aromatic rings. The third-order valence-electron chi connectivity index (χ3n) is 5.20. The summed E-state index contributed by atoms with van der Waals surface area (Å²) in [4.78, 5) is 14.6. The number of H-pyrrole nitrogens is 1. The molecule has 2 N–H and O–H groups in total. The lowest BCUT2D eigenvalue weighted by molar-refractivity contribution is 0.436. The number of aromatic amines is 1. The zero-order valence-corrected chi connectivity index (χ0v) is 17.9. The molecule has 1 aromatic carbocycles. The van der Waals surface area contributed by atoms with Gasteiger partial charge < -0.3 is 14.3 Å². The molecule has 166 valence electrons. The zero-order chi connectivity index (χ0) is 22.5.